The van der Waals surface area contributed by atoms with Crippen LogP contribution in [0.3, 0.4) is 0 Å². The minimum atomic E-state index is -0.462. The molecule has 0 radical (unpaired) electrons. The zero-order chi connectivity index (χ0) is 8.11. The summed E-state index contributed by atoms with van der Waals surface area (Å²) >= 11 is 5.46. The van der Waals surface area contributed by atoms with Crippen molar-refractivity contribution in [3.63, 3.8) is 0 Å². The maximum absolute atomic E-state index is 11.3. The van der Waals surface area contributed by atoms with Crippen molar-refractivity contribution in [1.29, 1.82) is 0 Å². The summed E-state index contributed by atoms with van der Waals surface area (Å²) in [5, 5.41) is 0. The molecule has 3 fully saturated rings. The van der Waals surface area contributed by atoms with Crippen molar-refractivity contribution in [2.45, 2.75) is 25.4 Å². The third-order valence-corrected chi connectivity index (χ3v) is 2.99. The Balaban J connectivity index is 2.13. The van der Waals surface area contributed by atoms with E-state index >= 15 is 0 Å². The highest BCUT2D eigenvalue weighted by atomic mass is 35.5. The van der Waals surface area contributed by atoms with Gasteiger partial charge in [-0.05, 0) is 18.3 Å². The molecule has 3 rings (SSSR count). The fraction of sp³-hybridized carbons (Fsp3) is 0.875. The monoisotopic (exact) mass is 174 g/mol. The predicted molar refractivity (Wildman–Crippen MR) is 41.8 cm³/mol. The van der Waals surface area contributed by atoms with Crippen LogP contribution in [0.1, 0.15) is 19.8 Å². The molecular weight excluding hydrogens is 164 g/mol. The smallest absolute Gasteiger partial charge is 0.179 e. The molecule has 0 spiro atoms. The first kappa shape index (κ1) is 7.56. The molecule has 2 aliphatic heterocycles. The molecule has 2 heterocycles. The molecule has 1 saturated carbocycles. The van der Waals surface area contributed by atoms with E-state index in [1.54, 1.807) is 0 Å². The fourth-order valence-electron chi connectivity index (χ4n) is 2.24. The van der Waals surface area contributed by atoms with Gasteiger partial charge in [0.2, 0.25) is 0 Å². The van der Waals surface area contributed by atoms with Gasteiger partial charge in [0.1, 0.15) is 5.60 Å². The van der Waals surface area contributed by atoms with Gasteiger partial charge < -0.3 is 4.74 Å². The van der Waals surface area contributed by atoms with E-state index in [-0.39, 0.29) is 17.1 Å². The van der Waals surface area contributed by atoms with Crippen molar-refractivity contribution >= 4 is 17.4 Å². The number of carbonyl (C=O) groups is 1. The number of hydrogen-bond acceptors (Lipinski definition) is 2. The van der Waals surface area contributed by atoms with E-state index in [0.29, 0.717) is 0 Å². The zero-order valence-corrected chi connectivity index (χ0v) is 7.28. The summed E-state index contributed by atoms with van der Waals surface area (Å²) in [4.78, 5) is 11.3. The average molecular weight is 175 g/mol. The van der Waals surface area contributed by atoms with Crippen molar-refractivity contribution in [3.05, 3.63) is 0 Å². The third kappa shape index (κ3) is 0.859. The highest BCUT2D eigenvalue weighted by molar-refractivity contribution is 6.29. The summed E-state index contributed by atoms with van der Waals surface area (Å²) in [6.45, 7) is 2.88. The average Bonchev–Trinajstić information content (AvgIpc) is 2.40. The van der Waals surface area contributed by atoms with Gasteiger partial charge in [-0.3, -0.25) is 4.79 Å². The molecule has 2 saturated heterocycles. The van der Waals surface area contributed by atoms with Gasteiger partial charge >= 0.3 is 0 Å². The van der Waals surface area contributed by atoms with E-state index in [9.17, 15) is 4.79 Å². The standard InChI is InChI=1S/C8H11ClO2/c1-7-3-8(4-7,11-5-7)6(10)2-9/h2-5H2,1H3. The molecule has 0 atom stereocenters. The molecule has 2 bridgehead atoms. The number of alkyl halides is 1. The second kappa shape index (κ2) is 1.99. The number of rotatable bonds is 2. The lowest BCUT2D eigenvalue weighted by atomic mass is 9.62. The number of ether oxygens (including phenoxy) is 1. The van der Waals surface area contributed by atoms with Gasteiger partial charge in [-0.1, -0.05) is 6.92 Å². The predicted octanol–water partition coefficient (Wildman–Crippen LogP) is 1.36. The largest absolute Gasteiger partial charge is 0.367 e. The maximum Gasteiger partial charge on any atom is 0.179 e. The van der Waals surface area contributed by atoms with Crippen LogP contribution in [0, 0.1) is 5.41 Å². The minimum absolute atomic E-state index is 0.0640. The maximum atomic E-state index is 11.3. The van der Waals surface area contributed by atoms with E-state index in [1.807, 2.05) is 0 Å². The molecule has 2 nitrogen and oxygen atoms in total. The summed E-state index contributed by atoms with van der Waals surface area (Å²) < 4.78 is 5.44. The van der Waals surface area contributed by atoms with Crippen LogP contribution in [0.15, 0.2) is 0 Å². The molecule has 1 aliphatic carbocycles. The lowest BCUT2D eigenvalue weighted by molar-refractivity contribution is -0.139. The first-order chi connectivity index (χ1) is 5.10. The molecule has 0 N–H and O–H groups in total. The van der Waals surface area contributed by atoms with Crippen LogP contribution in [0.5, 0.6) is 0 Å². The van der Waals surface area contributed by atoms with Crippen LogP contribution in [0.4, 0.5) is 0 Å². The molecule has 3 heteroatoms. The van der Waals surface area contributed by atoms with Gasteiger partial charge in [0.05, 0.1) is 12.5 Å². The highest BCUT2D eigenvalue weighted by Crippen LogP contribution is 2.57. The number of halogens is 1. The second-order valence-electron chi connectivity index (χ2n) is 4.00. The lowest BCUT2D eigenvalue weighted by Crippen LogP contribution is -2.49. The molecule has 3 aliphatic rings. The van der Waals surface area contributed by atoms with Gasteiger partial charge in [-0.15, -0.1) is 11.6 Å². The zero-order valence-electron chi connectivity index (χ0n) is 6.52. The van der Waals surface area contributed by atoms with Crippen molar-refractivity contribution in [2.24, 2.45) is 5.41 Å². The van der Waals surface area contributed by atoms with E-state index in [4.69, 9.17) is 16.3 Å². The van der Waals surface area contributed by atoms with Crippen LogP contribution >= 0.6 is 11.6 Å². The molecule has 0 aromatic carbocycles. The van der Waals surface area contributed by atoms with Gasteiger partial charge in [0.25, 0.3) is 0 Å². The summed E-state index contributed by atoms with van der Waals surface area (Å²) in [5.74, 6) is 0.157. The third-order valence-electron chi connectivity index (χ3n) is 2.75. The Bertz CT molecular complexity index is 206. The second-order valence-corrected chi connectivity index (χ2v) is 4.27. The Morgan fingerprint density at radius 3 is 2.64 bits per heavy atom. The Hall–Kier alpha value is -0.0800. The highest BCUT2D eigenvalue weighted by Gasteiger charge is 2.63. The van der Waals surface area contributed by atoms with E-state index in [2.05, 4.69) is 6.92 Å². The normalized spacial score (nSPS) is 47.1. The minimum Gasteiger partial charge on any atom is -0.367 e. The summed E-state index contributed by atoms with van der Waals surface area (Å²) in [6, 6.07) is 0. The van der Waals surface area contributed by atoms with Crippen molar-refractivity contribution < 1.29 is 9.53 Å². The van der Waals surface area contributed by atoms with E-state index in [0.717, 1.165) is 19.4 Å². The van der Waals surface area contributed by atoms with E-state index in [1.165, 1.54) is 0 Å². The molecule has 62 valence electrons. The Morgan fingerprint density at radius 2 is 2.27 bits per heavy atom. The number of hydrogen-bond donors (Lipinski definition) is 0. The summed E-state index contributed by atoms with van der Waals surface area (Å²) in [6.07, 6.45) is 1.76. The van der Waals surface area contributed by atoms with Crippen LogP contribution < -0.4 is 0 Å². The summed E-state index contributed by atoms with van der Waals surface area (Å²) in [5.41, 5.74) is -0.182. The first-order valence-electron chi connectivity index (χ1n) is 3.84. The topological polar surface area (TPSA) is 26.3 Å². The summed E-state index contributed by atoms with van der Waals surface area (Å²) in [7, 11) is 0. The molecule has 11 heavy (non-hydrogen) atoms. The Kier molecular flexibility index (Phi) is 1.37. The van der Waals surface area contributed by atoms with Crippen molar-refractivity contribution in [2.75, 3.05) is 12.5 Å². The number of ketones is 1. The van der Waals surface area contributed by atoms with Crippen LogP contribution in [0.25, 0.3) is 0 Å². The first-order valence-corrected chi connectivity index (χ1v) is 4.37. The van der Waals surface area contributed by atoms with Crippen LogP contribution in [0.2, 0.25) is 0 Å². The molecule has 0 aromatic heterocycles. The van der Waals surface area contributed by atoms with Crippen LogP contribution in [-0.4, -0.2) is 23.9 Å². The lowest BCUT2D eigenvalue weighted by Gasteiger charge is -2.40. The van der Waals surface area contributed by atoms with Crippen molar-refractivity contribution in [3.8, 4) is 0 Å². The number of Topliss-reactive ketones (excluding diaryl/α,β-unsaturated/α-hetero) is 1. The van der Waals surface area contributed by atoms with E-state index < -0.39 is 5.60 Å². The molecule has 0 amide bonds. The Labute approximate surface area is 70.9 Å². The Morgan fingerprint density at radius 1 is 1.64 bits per heavy atom. The van der Waals surface area contributed by atoms with Gasteiger partial charge in [-0.2, -0.15) is 0 Å². The quantitative estimate of drug-likeness (QED) is 0.591. The van der Waals surface area contributed by atoms with Crippen LogP contribution in [-0.2, 0) is 9.53 Å². The number of fused-ring (bicyclic) bond motifs is 1. The molecule has 0 unspecified atom stereocenters. The van der Waals surface area contributed by atoms with Crippen molar-refractivity contribution in [1.82, 2.24) is 0 Å². The SMILES string of the molecule is CC12COC(C(=O)CCl)(C1)C2. The van der Waals surface area contributed by atoms with Gasteiger partial charge in [0.15, 0.2) is 5.78 Å². The fourth-order valence-corrected chi connectivity index (χ4v) is 2.49. The number of carbonyl (C=O) groups excluding carboxylic acids is 1. The van der Waals surface area contributed by atoms with Gasteiger partial charge in [0, 0.05) is 0 Å². The van der Waals surface area contributed by atoms with Gasteiger partial charge in [-0.25, -0.2) is 0 Å². The molecular formula is C8H11ClO2. The molecule has 0 aromatic rings.